The van der Waals surface area contributed by atoms with Gasteiger partial charge in [0.05, 0.1) is 36.4 Å². The number of hydrogen-bond donors (Lipinski definition) is 1. The van der Waals surface area contributed by atoms with Crippen LogP contribution in [0, 0.1) is 0 Å². The molecule has 0 bridgehead atoms. The molecule has 1 aliphatic rings. The molecule has 4 rings (SSSR count). The fourth-order valence-corrected chi connectivity index (χ4v) is 5.28. The van der Waals surface area contributed by atoms with Crippen LogP contribution in [0.4, 0.5) is 0 Å². The first-order valence-electron chi connectivity index (χ1n) is 11.2. The van der Waals surface area contributed by atoms with Crippen LogP contribution in [0.3, 0.4) is 0 Å². The van der Waals surface area contributed by atoms with E-state index in [4.69, 9.17) is 37.4 Å². The molecule has 36 heavy (non-hydrogen) atoms. The maximum atomic E-state index is 13.4. The van der Waals surface area contributed by atoms with Crippen molar-refractivity contribution >= 4 is 51.4 Å². The SMILES string of the molecule is COCCCN1C(=O)C(=O)/C(=C(/O)c2cc(Cl)c(OC)c(Cl)c2OC)C1c1cccc2ccccc12. The number of aliphatic hydroxyl groups is 1. The van der Waals surface area contributed by atoms with Crippen LogP contribution in [0.15, 0.2) is 54.1 Å². The molecule has 1 heterocycles. The van der Waals surface area contributed by atoms with E-state index in [0.29, 0.717) is 18.6 Å². The van der Waals surface area contributed by atoms with E-state index in [0.717, 1.165) is 10.8 Å². The van der Waals surface area contributed by atoms with E-state index in [1.165, 1.54) is 25.2 Å². The molecular formula is C27H25Cl2NO6. The highest BCUT2D eigenvalue weighted by Gasteiger charge is 2.46. The lowest BCUT2D eigenvalue weighted by molar-refractivity contribution is -0.140. The molecule has 0 aliphatic carbocycles. The van der Waals surface area contributed by atoms with Gasteiger partial charge < -0.3 is 24.2 Å². The summed E-state index contributed by atoms with van der Waals surface area (Å²) in [6.45, 7) is 0.660. The summed E-state index contributed by atoms with van der Waals surface area (Å²) in [6, 6.07) is 13.9. The predicted molar refractivity (Wildman–Crippen MR) is 139 cm³/mol. The zero-order valence-electron chi connectivity index (χ0n) is 20.0. The normalized spacial score (nSPS) is 17.1. The van der Waals surface area contributed by atoms with Crippen LogP contribution in [0.1, 0.15) is 23.6 Å². The van der Waals surface area contributed by atoms with Crippen molar-refractivity contribution in [2.24, 2.45) is 0 Å². The summed E-state index contributed by atoms with van der Waals surface area (Å²) in [6.07, 6.45) is 0.508. The summed E-state index contributed by atoms with van der Waals surface area (Å²) in [4.78, 5) is 28.1. The highest BCUT2D eigenvalue weighted by atomic mass is 35.5. The molecule has 1 N–H and O–H groups in total. The summed E-state index contributed by atoms with van der Waals surface area (Å²) in [7, 11) is 4.34. The Bertz CT molecular complexity index is 1360. The number of benzene rings is 3. The zero-order valence-corrected chi connectivity index (χ0v) is 21.5. The number of rotatable bonds is 8. The minimum atomic E-state index is -0.850. The summed E-state index contributed by atoms with van der Waals surface area (Å²) in [5, 5.41) is 13.5. The van der Waals surface area contributed by atoms with Gasteiger partial charge in [-0.15, -0.1) is 0 Å². The molecular weight excluding hydrogens is 505 g/mol. The Morgan fingerprint density at radius 3 is 2.39 bits per heavy atom. The third-order valence-electron chi connectivity index (χ3n) is 6.20. The number of methoxy groups -OCH3 is 3. The van der Waals surface area contributed by atoms with E-state index in [-0.39, 0.29) is 39.2 Å². The minimum absolute atomic E-state index is 0.0325. The molecule has 9 heteroatoms. The summed E-state index contributed by atoms with van der Waals surface area (Å²) in [5.74, 6) is -1.73. The number of ether oxygens (including phenoxy) is 3. The van der Waals surface area contributed by atoms with Gasteiger partial charge in [-0.3, -0.25) is 9.59 Å². The fraction of sp³-hybridized carbons (Fsp3) is 0.259. The van der Waals surface area contributed by atoms with Gasteiger partial charge in [-0.05, 0) is 28.8 Å². The van der Waals surface area contributed by atoms with Gasteiger partial charge in [-0.25, -0.2) is 0 Å². The van der Waals surface area contributed by atoms with Crippen LogP contribution in [0.2, 0.25) is 10.0 Å². The van der Waals surface area contributed by atoms with Gasteiger partial charge in [-0.2, -0.15) is 0 Å². The largest absolute Gasteiger partial charge is 0.507 e. The molecule has 1 amide bonds. The Morgan fingerprint density at radius 1 is 1.00 bits per heavy atom. The molecule has 3 aromatic carbocycles. The van der Waals surface area contributed by atoms with Gasteiger partial charge in [0.15, 0.2) is 11.5 Å². The molecule has 1 unspecified atom stereocenters. The van der Waals surface area contributed by atoms with Crippen molar-refractivity contribution in [2.75, 3.05) is 34.5 Å². The predicted octanol–water partition coefficient (Wildman–Crippen LogP) is 5.62. The average Bonchev–Trinajstić information content (AvgIpc) is 3.13. The van der Waals surface area contributed by atoms with E-state index >= 15 is 0 Å². The van der Waals surface area contributed by atoms with Gasteiger partial charge in [0.1, 0.15) is 10.8 Å². The van der Waals surface area contributed by atoms with Crippen molar-refractivity contribution in [3.63, 3.8) is 0 Å². The van der Waals surface area contributed by atoms with Gasteiger partial charge >= 0.3 is 0 Å². The average molecular weight is 530 g/mol. The molecule has 7 nitrogen and oxygen atoms in total. The van der Waals surface area contributed by atoms with Gasteiger partial charge in [0, 0.05) is 20.3 Å². The number of amides is 1. The molecule has 1 aliphatic heterocycles. The Hall–Kier alpha value is -3.26. The number of carbonyl (C=O) groups is 2. The molecule has 1 saturated heterocycles. The molecule has 0 aromatic heterocycles. The van der Waals surface area contributed by atoms with Crippen LogP contribution >= 0.6 is 23.2 Å². The molecule has 1 fully saturated rings. The van der Waals surface area contributed by atoms with Crippen LogP contribution in [0.5, 0.6) is 11.5 Å². The van der Waals surface area contributed by atoms with Gasteiger partial charge in [0.25, 0.3) is 11.7 Å². The minimum Gasteiger partial charge on any atom is -0.507 e. The number of aliphatic hydroxyl groups excluding tert-OH is 1. The topological polar surface area (TPSA) is 85.3 Å². The first-order valence-corrected chi connectivity index (χ1v) is 12.0. The molecule has 188 valence electrons. The number of Topliss-reactive ketones (excluding diaryl/α,β-unsaturated/α-hetero) is 1. The number of carbonyl (C=O) groups excluding carboxylic acids is 2. The Morgan fingerprint density at radius 2 is 1.69 bits per heavy atom. The van der Waals surface area contributed by atoms with E-state index in [1.807, 2.05) is 42.5 Å². The van der Waals surface area contributed by atoms with Gasteiger partial charge in [-0.1, -0.05) is 65.7 Å². The van der Waals surface area contributed by atoms with Crippen molar-refractivity contribution in [1.82, 2.24) is 4.90 Å². The number of likely N-dealkylation sites (tertiary alicyclic amines) is 1. The van der Waals surface area contributed by atoms with Crippen molar-refractivity contribution in [2.45, 2.75) is 12.5 Å². The maximum absolute atomic E-state index is 13.4. The highest BCUT2D eigenvalue weighted by Crippen LogP contribution is 2.48. The Balaban J connectivity index is 2.00. The van der Waals surface area contributed by atoms with Gasteiger partial charge in [0.2, 0.25) is 0 Å². The Labute approximate surface area is 218 Å². The van der Waals surface area contributed by atoms with E-state index in [9.17, 15) is 14.7 Å². The van der Waals surface area contributed by atoms with Crippen LogP contribution in [0.25, 0.3) is 16.5 Å². The lowest BCUT2D eigenvalue weighted by atomic mass is 9.91. The second-order valence-corrected chi connectivity index (χ2v) is 8.98. The van der Waals surface area contributed by atoms with Crippen LogP contribution in [-0.4, -0.2) is 56.2 Å². The Kier molecular flexibility index (Phi) is 7.73. The van der Waals surface area contributed by atoms with E-state index in [1.54, 1.807) is 7.11 Å². The molecule has 0 spiro atoms. The number of fused-ring (bicyclic) bond motifs is 1. The van der Waals surface area contributed by atoms with Crippen molar-refractivity contribution < 1.29 is 28.9 Å². The summed E-state index contributed by atoms with van der Waals surface area (Å²) < 4.78 is 15.8. The third kappa shape index (κ3) is 4.39. The monoisotopic (exact) mass is 529 g/mol. The van der Waals surface area contributed by atoms with Crippen LogP contribution < -0.4 is 9.47 Å². The van der Waals surface area contributed by atoms with E-state index < -0.39 is 23.5 Å². The van der Waals surface area contributed by atoms with E-state index in [2.05, 4.69) is 0 Å². The second-order valence-electron chi connectivity index (χ2n) is 8.19. The smallest absolute Gasteiger partial charge is 0.295 e. The molecule has 3 aromatic rings. The zero-order chi connectivity index (χ0) is 26.0. The molecule has 0 saturated carbocycles. The third-order valence-corrected chi connectivity index (χ3v) is 6.82. The lowest BCUT2D eigenvalue weighted by Gasteiger charge is -2.26. The maximum Gasteiger partial charge on any atom is 0.295 e. The number of halogens is 2. The first-order chi connectivity index (χ1) is 17.3. The summed E-state index contributed by atoms with van der Waals surface area (Å²) >= 11 is 12.8. The molecule has 0 radical (unpaired) electrons. The highest BCUT2D eigenvalue weighted by molar-refractivity contribution is 6.47. The number of nitrogens with zero attached hydrogens (tertiary/aromatic N) is 1. The van der Waals surface area contributed by atoms with Crippen molar-refractivity contribution in [1.29, 1.82) is 0 Å². The number of ketones is 1. The fourth-order valence-electron chi connectivity index (χ4n) is 4.59. The van der Waals surface area contributed by atoms with Crippen molar-refractivity contribution in [3.8, 4) is 11.5 Å². The molecule has 1 atom stereocenters. The quantitative estimate of drug-likeness (QED) is 0.176. The first kappa shape index (κ1) is 25.8. The second kappa shape index (κ2) is 10.8. The summed E-state index contributed by atoms with van der Waals surface area (Å²) in [5.41, 5.74) is 0.703. The van der Waals surface area contributed by atoms with Crippen molar-refractivity contribution in [3.05, 3.63) is 75.3 Å². The van der Waals surface area contributed by atoms with Crippen LogP contribution in [-0.2, 0) is 14.3 Å². The lowest BCUT2D eigenvalue weighted by Crippen LogP contribution is -2.31. The standard InChI is InChI=1S/C27H25Cl2NO6/c1-34-13-7-12-30-22(17-11-6-9-15-8-4-5-10-16(15)17)20(24(32)27(30)33)23(31)18-14-19(28)26(36-3)21(29)25(18)35-2/h4-6,8-11,14,22,31H,7,12-13H2,1-3H3/b23-20+. The number of hydrogen-bond acceptors (Lipinski definition) is 6.